The summed E-state index contributed by atoms with van der Waals surface area (Å²) in [6, 6.07) is 3.09. The molecule has 4 N–H and O–H groups in total. The van der Waals surface area contributed by atoms with E-state index in [-0.39, 0.29) is 17.1 Å². The maximum atomic E-state index is 11.9. The van der Waals surface area contributed by atoms with Gasteiger partial charge < -0.3 is 10.8 Å². The third kappa shape index (κ3) is 3.92. The van der Waals surface area contributed by atoms with Crippen molar-refractivity contribution in [1.82, 2.24) is 4.72 Å². The second-order valence-electron chi connectivity index (χ2n) is 3.51. The molecule has 1 atom stereocenters. The number of hydrogen-bond acceptors (Lipinski definition) is 4. The lowest BCUT2D eigenvalue weighted by Crippen LogP contribution is -2.31. The quantitative estimate of drug-likeness (QED) is 0.681. The van der Waals surface area contributed by atoms with Gasteiger partial charge in [-0.1, -0.05) is 15.9 Å². The molecule has 0 fully saturated rings. The summed E-state index contributed by atoms with van der Waals surface area (Å²) in [7, 11) is -3.74. The first-order valence-corrected chi connectivity index (χ1v) is 7.73. The van der Waals surface area contributed by atoms with E-state index in [4.69, 9.17) is 10.8 Å². The normalized spacial score (nSPS) is 13.6. The molecule has 0 saturated heterocycles. The predicted octanol–water partition coefficient (Wildman–Crippen LogP) is 1.45. The van der Waals surface area contributed by atoms with E-state index in [1.165, 1.54) is 13.0 Å². The van der Waals surface area contributed by atoms with Crippen molar-refractivity contribution in [3.63, 3.8) is 0 Å². The molecular weight excluding hydrogens is 376 g/mol. The number of halogens is 2. The summed E-state index contributed by atoms with van der Waals surface area (Å²) in [5.74, 6) is 0. The Kier molecular flexibility index (Phi) is 4.96. The lowest BCUT2D eigenvalue weighted by atomic mass is 10.3. The number of aliphatic hydroxyl groups excluding tert-OH is 1. The van der Waals surface area contributed by atoms with Crippen molar-refractivity contribution in [3.8, 4) is 0 Å². The highest BCUT2D eigenvalue weighted by Crippen LogP contribution is 2.31. The molecule has 0 aliphatic heterocycles. The lowest BCUT2D eigenvalue weighted by Gasteiger charge is -2.12. The number of nitrogen functional groups attached to an aromatic ring is 1. The molecule has 1 aromatic rings. The van der Waals surface area contributed by atoms with Crippen LogP contribution in [0.5, 0.6) is 0 Å². The van der Waals surface area contributed by atoms with Crippen LogP contribution < -0.4 is 10.5 Å². The van der Waals surface area contributed by atoms with Crippen molar-refractivity contribution in [3.05, 3.63) is 21.1 Å². The molecule has 0 radical (unpaired) electrons. The van der Waals surface area contributed by atoms with Crippen molar-refractivity contribution in [2.75, 3.05) is 12.3 Å². The first-order chi connectivity index (χ1) is 7.74. The van der Waals surface area contributed by atoms with Crippen LogP contribution in [0.4, 0.5) is 5.69 Å². The van der Waals surface area contributed by atoms with Crippen LogP contribution in [0, 0.1) is 0 Å². The van der Waals surface area contributed by atoms with E-state index >= 15 is 0 Å². The number of hydrogen-bond donors (Lipinski definition) is 3. The highest BCUT2D eigenvalue weighted by Gasteiger charge is 2.21. The molecule has 17 heavy (non-hydrogen) atoms. The van der Waals surface area contributed by atoms with E-state index in [0.29, 0.717) is 8.95 Å². The summed E-state index contributed by atoms with van der Waals surface area (Å²) < 4.78 is 27.2. The van der Waals surface area contributed by atoms with Crippen LogP contribution in [0.25, 0.3) is 0 Å². The summed E-state index contributed by atoms with van der Waals surface area (Å²) in [5.41, 5.74) is 5.80. The van der Waals surface area contributed by atoms with E-state index in [1.807, 2.05) is 0 Å². The average molecular weight is 388 g/mol. The van der Waals surface area contributed by atoms with Crippen LogP contribution in [0.2, 0.25) is 0 Å². The third-order valence-corrected chi connectivity index (χ3v) is 4.76. The van der Waals surface area contributed by atoms with Crippen molar-refractivity contribution < 1.29 is 13.5 Å². The van der Waals surface area contributed by atoms with E-state index in [9.17, 15) is 8.42 Å². The van der Waals surface area contributed by atoms with E-state index < -0.39 is 16.1 Å². The Hall–Kier alpha value is -0.150. The van der Waals surface area contributed by atoms with Gasteiger partial charge in [-0.05, 0) is 35.0 Å². The van der Waals surface area contributed by atoms with Crippen molar-refractivity contribution in [2.45, 2.75) is 17.9 Å². The zero-order valence-corrected chi connectivity index (χ0v) is 12.9. The van der Waals surface area contributed by atoms with Gasteiger partial charge in [-0.25, -0.2) is 13.1 Å². The maximum absolute atomic E-state index is 11.9. The fourth-order valence-electron chi connectivity index (χ4n) is 1.17. The molecule has 96 valence electrons. The van der Waals surface area contributed by atoms with Crippen molar-refractivity contribution in [2.24, 2.45) is 0 Å². The van der Waals surface area contributed by atoms with Gasteiger partial charge in [-0.15, -0.1) is 0 Å². The average Bonchev–Trinajstić information content (AvgIpc) is 2.12. The Balaban J connectivity index is 3.16. The van der Waals surface area contributed by atoms with Crippen LogP contribution in [0.3, 0.4) is 0 Å². The topological polar surface area (TPSA) is 92.4 Å². The van der Waals surface area contributed by atoms with Gasteiger partial charge in [0.2, 0.25) is 10.0 Å². The van der Waals surface area contributed by atoms with E-state index in [2.05, 4.69) is 36.6 Å². The summed E-state index contributed by atoms with van der Waals surface area (Å²) >= 11 is 6.36. The maximum Gasteiger partial charge on any atom is 0.243 e. The molecule has 0 saturated carbocycles. The second-order valence-corrected chi connectivity index (χ2v) is 6.98. The molecule has 1 unspecified atom stereocenters. The minimum absolute atomic E-state index is 0.0265. The SMILES string of the molecule is CC(O)CNS(=O)(=O)c1c(N)cc(Br)cc1Br. The summed E-state index contributed by atoms with van der Waals surface area (Å²) in [6.07, 6.45) is -0.764. The predicted molar refractivity (Wildman–Crippen MR) is 73.1 cm³/mol. The first kappa shape index (κ1) is 14.9. The summed E-state index contributed by atoms with van der Waals surface area (Å²) in [6.45, 7) is 1.42. The molecule has 0 aromatic heterocycles. The van der Waals surface area contributed by atoms with Crippen molar-refractivity contribution in [1.29, 1.82) is 0 Å². The molecule has 0 aliphatic carbocycles. The van der Waals surface area contributed by atoms with E-state index in [1.54, 1.807) is 6.07 Å². The van der Waals surface area contributed by atoms with Gasteiger partial charge in [0.25, 0.3) is 0 Å². The zero-order valence-electron chi connectivity index (χ0n) is 8.94. The number of rotatable bonds is 4. The molecule has 0 spiro atoms. The second kappa shape index (κ2) is 5.66. The highest BCUT2D eigenvalue weighted by molar-refractivity contribution is 9.11. The van der Waals surface area contributed by atoms with Gasteiger partial charge in [0.1, 0.15) is 4.90 Å². The summed E-state index contributed by atoms with van der Waals surface area (Å²) in [5, 5.41) is 9.07. The Morgan fingerprint density at radius 3 is 2.53 bits per heavy atom. The molecular formula is C9H12Br2N2O3S. The van der Waals surface area contributed by atoms with Gasteiger partial charge in [-0.3, -0.25) is 0 Å². The molecule has 0 heterocycles. The minimum Gasteiger partial charge on any atom is -0.398 e. The van der Waals surface area contributed by atoms with Crippen LogP contribution in [0.1, 0.15) is 6.92 Å². The number of sulfonamides is 1. The van der Waals surface area contributed by atoms with Gasteiger partial charge >= 0.3 is 0 Å². The van der Waals surface area contributed by atoms with Crippen LogP contribution in [-0.2, 0) is 10.0 Å². The number of anilines is 1. The first-order valence-electron chi connectivity index (χ1n) is 4.66. The standard InChI is InChI=1S/C9H12Br2N2O3S/c1-5(14)4-13-17(15,16)9-7(11)2-6(10)3-8(9)12/h2-3,5,13-14H,4,12H2,1H3. The third-order valence-electron chi connectivity index (χ3n) is 1.87. The van der Waals surface area contributed by atoms with Gasteiger partial charge in [0.05, 0.1) is 11.8 Å². The number of nitrogens with one attached hydrogen (secondary N) is 1. The zero-order chi connectivity index (χ0) is 13.2. The summed E-state index contributed by atoms with van der Waals surface area (Å²) in [4.78, 5) is -0.0265. The molecule has 1 aromatic carbocycles. The monoisotopic (exact) mass is 386 g/mol. The fraction of sp³-hybridized carbons (Fsp3) is 0.333. The minimum atomic E-state index is -3.74. The number of nitrogens with two attached hydrogens (primary N) is 1. The molecule has 1 rings (SSSR count). The Bertz CT molecular complexity index is 494. The van der Waals surface area contributed by atoms with Crippen LogP contribution in [0.15, 0.2) is 26.0 Å². The Morgan fingerprint density at radius 1 is 1.47 bits per heavy atom. The van der Waals surface area contributed by atoms with Crippen molar-refractivity contribution >= 4 is 47.6 Å². The number of benzene rings is 1. The van der Waals surface area contributed by atoms with Crippen LogP contribution in [-0.4, -0.2) is 26.2 Å². The lowest BCUT2D eigenvalue weighted by molar-refractivity contribution is 0.198. The molecule has 8 heteroatoms. The van der Waals surface area contributed by atoms with Gasteiger partial charge in [0.15, 0.2) is 0 Å². The highest BCUT2D eigenvalue weighted by atomic mass is 79.9. The smallest absolute Gasteiger partial charge is 0.243 e. The Labute approximate surface area is 117 Å². The Morgan fingerprint density at radius 2 is 2.06 bits per heavy atom. The number of aliphatic hydroxyl groups is 1. The van der Waals surface area contributed by atoms with Crippen LogP contribution >= 0.6 is 31.9 Å². The molecule has 0 aliphatic rings. The fourth-order valence-corrected chi connectivity index (χ4v) is 4.35. The van der Waals surface area contributed by atoms with Gasteiger partial charge in [-0.2, -0.15) is 0 Å². The van der Waals surface area contributed by atoms with Gasteiger partial charge in [0, 0.05) is 15.5 Å². The van der Waals surface area contributed by atoms with E-state index in [0.717, 1.165) is 0 Å². The molecule has 0 amide bonds. The largest absolute Gasteiger partial charge is 0.398 e. The molecule has 0 bridgehead atoms. The molecule has 5 nitrogen and oxygen atoms in total.